The molecule has 6 nitrogen and oxygen atoms in total. The molecule has 1 N–H and O–H groups in total. The Kier molecular flexibility index (Phi) is 5.27. The SMILES string of the molecule is CN(C)c1ccc2nc(NCc3ccc(Oc4ccc(Cl)cn4)cc3)n(C)c2c1. The van der Waals surface area contributed by atoms with Gasteiger partial charge >= 0.3 is 0 Å². The van der Waals surface area contributed by atoms with Gasteiger partial charge in [-0.05, 0) is 42.0 Å². The van der Waals surface area contributed by atoms with Gasteiger partial charge in [0.1, 0.15) is 5.75 Å². The molecule has 2 aromatic carbocycles. The molecule has 0 amide bonds. The van der Waals surface area contributed by atoms with E-state index in [-0.39, 0.29) is 0 Å². The number of benzene rings is 2. The van der Waals surface area contributed by atoms with Crippen molar-refractivity contribution >= 4 is 34.3 Å². The molecule has 0 aliphatic rings. The van der Waals surface area contributed by atoms with Crippen molar-refractivity contribution in [1.82, 2.24) is 14.5 Å². The molecule has 0 atom stereocenters. The minimum absolute atomic E-state index is 0.511. The number of ether oxygens (including phenoxy) is 1. The Morgan fingerprint density at radius 2 is 1.86 bits per heavy atom. The van der Waals surface area contributed by atoms with Crippen LogP contribution in [0.5, 0.6) is 11.6 Å². The number of hydrogen-bond donors (Lipinski definition) is 1. The Bertz CT molecular complexity index is 1120. The van der Waals surface area contributed by atoms with E-state index >= 15 is 0 Å². The Hall–Kier alpha value is -3.25. The average molecular weight is 408 g/mol. The Morgan fingerprint density at radius 3 is 2.55 bits per heavy atom. The maximum absolute atomic E-state index is 5.85. The minimum Gasteiger partial charge on any atom is -0.439 e. The third-order valence-corrected chi connectivity index (χ3v) is 4.90. The molecule has 4 rings (SSSR count). The van der Waals surface area contributed by atoms with E-state index in [0.29, 0.717) is 17.4 Å². The summed E-state index contributed by atoms with van der Waals surface area (Å²) in [4.78, 5) is 10.9. The lowest BCUT2D eigenvalue weighted by Crippen LogP contribution is -2.08. The lowest BCUT2D eigenvalue weighted by Gasteiger charge is -2.12. The van der Waals surface area contributed by atoms with Crippen molar-refractivity contribution in [2.45, 2.75) is 6.54 Å². The number of hydrogen-bond acceptors (Lipinski definition) is 5. The largest absolute Gasteiger partial charge is 0.439 e. The fourth-order valence-electron chi connectivity index (χ4n) is 3.01. The van der Waals surface area contributed by atoms with Crippen LogP contribution in [0.4, 0.5) is 11.6 Å². The van der Waals surface area contributed by atoms with Crippen molar-refractivity contribution < 1.29 is 4.74 Å². The summed E-state index contributed by atoms with van der Waals surface area (Å²) in [6.07, 6.45) is 1.56. The fraction of sp³-hybridized carbons (Fsp3) is 0.182. The van der Waals surface area contributed by atoms with Gasteiger partial charge in [0.05, 0.1) is 16.1 Å². The molecule has 0 saturated heterocycles. The second kappa shape index (κ2) is 8.01. The molecule has 4 aromatic rings. The topological polar surface area (TPSA) is 55.2 Å². The van der Waals surface area contributed by atoms with Crippen LogP contribution in [-0.2, 0) is 13.6 Å². The summed E-state index contributed by atoms with van der Waals surface area (Å²) in [5.41, 5.74) is 4.35. The summed E-state index contributed by atoms with van der Waals surface area (Å²) >= 11 is 5.85. The van der Waals surface area contributed by atoms with Gasteiger partial charge in [0.25, 0.3) is 0 Å². The number of fused-ring (bicyclic) bond motifs is 1. The van der Waals surface area contributed by atoms with E-state index in [1.165, 1.54) is 0 Å². The number of anilines is 2. The zero-order valence-corrected chi connectivity index (χ0v) is 17.3. The molecular formula is C22H22ClN5O. The van der Waals surface area contributed by atoms with Crippen molar-refractivity contribution in [2.24, 2.45) is 7.05 Å². The molecule has 0 radical (unpaired) electrons. The second-order valence-corrected chi connectivity index (χ2v) is 7.41. The first-order chi connectivity index (χ1) is 14.0. The standard InChI is InChI=1S/C22H22ClN5O/c1-27(2)17-7-10-19-20(12-17)28(3)22(26-19)25-13-15-4-8-18(9-5-15)29-21-11-6-16(23)14-24-21/h4-12,14H,13H2,1-3H3,(H,25,26). The summed E-state index contributed by atoms with van der Waals surface area (Å²) in [6.45, 7) is 0.664. The van der Waals surface area contributed by atoms with Crippen molar-refractivity contribution in [2.75, 3.05) is 24.3 Å². The highest BCUT2D eigenvalue weighted by molar-refractivity contribution is 6.30. The Balaban J connectivity index is 1.43. The number of imidazole rings is 1. The minimum atomic E-state index is 0.511. The van der Waals surface area contributed by atoms with Gasteiger partial charge in [-0.15, -0.1) is 0 Å². The molecule has 0 fully saturated rings. The van der Waals surface area contributed by atoms with Crippen LogP contribution in [-0.4, -0.2) is 28.6 Å². The van der Waals surface area contributed by atoms with Crippen molar-refractivity contribution in [1.29, 1.82) is 0 Å². The zero-order chi connectivity index (χ0) is 20.4. The molecule has 2 aromatic heterocycles. The van der Waals surface area contributed by atoms with Gasteiger partial charge in [-0.25, -0.2) is 9.97 Å². The number of aromatic nitrogens is 3. The van der Waals surface area contributed by atoms with Crippen LogP contribution >= 0.6 is 11.6 Å². The summed E-state index contributed by atoms with van der Waals surface area (Å²) in [6, 6.07) is 17.6. The highest BCUT2D eigenvalue weighted by atomic mass is 35.5. The van der Waals surface area contributed by atoms with E-state index in [2.05, 4.69) is 31.9 Å². The van der Waals surface area contributed by atoms with E-state index in [9.17, 15) is 0 Å². The molecule has 0 aliphatic heterocycles. The van der Waals surface area contributed by atoms with Crippen LogP contribution in [0.3, 0.4) is 0 Å². The molecule has 29 heavy (non-hydrogen) atoms. The van der Waals surface area contributed by atoms with Gasteiger partial charge in [-0.1, -0.05) is 23.7 Å². The Morgan fingerprint density at radius 1 is 1.07 bits per heavy atom. The molecule has 0 saturated carbocycles. The third-order valence-electron chi connectivity index (χ3n) is 4.68. The normalized spacial score (nSPS) is 10.9. The monoisotopic (exact) mass is 407 g/mol. The molecular weight excluding hydrogens is 386 g/mol. The molecule has 0 aliphatic carbocycles. The molecule has 148 valence electrons. The summed E-state index contributed by atoms with van der Waals surface area (Å²) in [5, 5.41) is 4.00. The highest BCUT2D eigenvalue weighted by Crippen LogP contribution is 2.24. The van der Waals surface area contributed by atoms with Gasteiger partial charge in [-0.2, -0.15) is 0 Å². The number of nitrogens with zero attached hydrogens (tertiary/aromatic N) is 4. The van der Waals surface area contributed by atoms with Gasteiger partial charge < -0.3 is 19.5 Å². The smallest absolute Gasteiger partial charge is 0.219 e. The average Bonchev–Trinajstić information content (AvgIpc) is 3.04. The molecule has 0 bridgehead atoms. The zero-order valence-electron chi connectivity index (χ0n) is 16.6. The number of halogens is 1. The first kappa shape index (κ1) is 19.1. The van der Waals surface area contributed by atoms with Crippen LogP contribution in [0.15, 0.2) is 60.8 Å². The Labute approximate surface area is 174 Å². The van der Waals surface area contributed by atoms with Crippen molar-refractivity contribution in [3.63, 3.8) is 0 Å². The van der Waals surface area contributed by atoms with Gasteiger partial charge in [-0.3, -0.25) is 0 Å². The van der Waals surface area contributed by atoms with Crippen LogP contribution in [0.2, 0.25) is 5.02 Å². The number of pyridine rings is 1. The molecule has 0 spiro atoms. The number of aryl methyl sites for hydroxylation is 1. The number of nitrogens with one attached hydrogen (secondary N) is 1. The quantitative estimate of drug-likeness (QED) is 0.482. The van der Waals surface area contributed by atoms with Crippen LogP contribution in [0.1, 0.15) is 5.56 Å². The third kappa shape index (κ3) is 4.27. The number of rotatable bonds is 6. The van der Waals surface area contributed by atoms with Crippen LogP contribution < -0.4 is 15.0 Å². The van der Waals surface area contributed by atoms with Gasteiger partial charge in [0.15, 0.2) is 0 Å². The fourth-order valence-corrected chi connectivity index (χ4v) is 3.13. The molecule has 7 heteroatoms. The summed E-state index contributed by atoms with van der Waals surface area (Å²) in [5.74, 6) is 2.07. The lowest BCUT2D eigenvalue weighted by molar-refractivity contribution is 0.463. The highest BCUT2D eigenvalue weighted by Gasteiger charge is 2.09. The second-order valence-electron chi connectivity index (χ2n) is 6.98. The van der Waals surface area contributed by atoms with E-state index in [1.807, 2.05) is 51.5 Å². The lowest BCUT2D eigenvalue weighted by atomic mass is 10.2. The van der Waals surface area contributed by atoms with Crippen LogP contribution in [0, 0.1) is 0 Å². The van der Waals surface area contributed by atoms with E-state index in [1.54, 1.807) is 18.3 Å². The summed E-state index contributed by atoms with van der Waals surface area (Å²) < 4.78 is 7.81. The van der Waals surface area contributed by atoms with E-state index in [4.69, 9.17) is 21.3 Å². The van der Waals surface area contributed by atoms with Crippen LogP contribution in [0.25, 0.3) is 11.0 Å². The predicted octanol–water partition coefficient (Wildman–Crippen LogP) is 5.09. The van der Waals surface area contributed by atoms with Crippen molar-refractivity contribution in [3.05, 3.63) is 71.4 Å². The van der Waals surface area contributed by atoms with E-state index in [0.717, 1.165) is 34.0 Å². The van der Waals surface area contributed by atoms with Gasteiger partial charge in [0, 0.05) is 45.6 Å². The maximum Gasteiger partial charge on any atom is 0.219 e. The maximum atomic E-state index is 5.85. The van der Waals surface area contributed by atoms with Gasteiger partial charge in [0.2, 0.25) is 11.8 Å². The van der Waals surface area contributed by atoms with E-state index < -0.39 is 0 Å². The summed E-state index contributed by atoms with van der Waals surface area (Å²) in [7, 11) is 6.09. The predicted molar refractivity (Wildman–Crippen MR) is 118 cm³/mol. The first-order valence-corrected chi connectivity index (χ1v) is 9.63. The first-order valence-electron chi connectivity index (χ1n) is 9.25. The molecule has 0 unspecified atom stereocenters. The van der Waals surface area contributed by atoms with Crippen molar-refractivity contribution in [3.8, 4) is 11.6 Å². The molecule has 2 heterocycles.